The van der Waals surface area contributed by atoms with E-state index in [1.807, 2.05) is 17.0 Å². The van der Waals surface area contributed by atoms with Crippen LogP contribution >= 0.6 is 12.4 Å². The van der Waals surface area contributed by atoms with E-state index in [-0.39, 0.29) is 18.3 Å². The van der Waals surface area contributed by atoms with Gasteiger partial charge in [0.25, 0.3) is 0 Å². The van der Waals surface area contributed by atoms with Gasteiger partial charge in [0, 0.05) is 26.2 Å². The Labute approximate surface area is 133 Å². The van der Waals surface area contributed by atoms with Gasteiger partial charge in [-0.05, 0) is 25.0 Å². The number of benzene rings is 1. The molecule has 0 bridgehead atoms. The molecule has 0 radical (unpaired) electrons. The van der Waals surface area contributed by atoms with Gasteiger partial charge in [-0.15, -0.1) is 12.4 Å². The van der Waals surface area contributed by atoms with Gasteiger partial charge in [0.2, 0.25) is 5.91 Å². The molecular weight excluding hydrogens is 286 g/mol. The molecule has 1 amide bonds. The van der Waals surface area contributed by atoms with E-state index in [1.54, 1.807) is 0 Å². The number of nitrogens with zero attached hydrogens (tertiary/aromatic N) is 2. The minimum absolute atomic E-state index is 0. The Morgan fingerprint density at radius 2 is 1.90 bits per heavy atom. The van der Waals surface area contributed by atoms with Crippen LogP contribution in [-0.4, -0.2) is 43.5 Å². The fourth-order valence-corrected chi connectivity index (χ4v) is 2.67. The molecule has 0 aliphatic carbocycles. The first-order valence-corrected chi connectivity index (χ1v) is 7.61. The smallest absolute Gasteiger partial charge is 0.242 e. The van der Waals surface area contributed by atoms with Crippen molar-refractivity contribution in [3.05, 3.63) is 24.3 Å². The van der Waals surface area contributed by atoms with Crippen LogP contribution < -0.4 is 10.2 Å². The third-order valence-corrected chi connectivity index (χ3v) is 3.61. The van der Waals surface area contributed by atoms with Crippen molar-refractivity contribution in [1.29, 1.82) is 0 Å². The van der Waals surface area contributed by atoms with Crippen molar-refractivity contribution < 1.29 is 4.79 Å². The van der Waals surface area contributed by atoms with Crippen molar-refractivity contribution in [3.8, 4) is 0 Å². The van der Waals surface area contributed by atoms with Gasteiger partial charge < -0.3 is 15.1 Å². The number of hydrogen-bond donors (Lipinski definition) is 1. The van der Waals surface area contributed by atoms with Gasteiger partial charge in [-0.3, -0.25) is 4.79 Å². The number of anilines is 2. The van der Waals surface area contributed by atoms with Crippen molar-refractivity contribution in [2.45, 2.75) is 26.7 Å². The van der Waals surface area contributed by atoms with E-state index in [2.05, 4.69) is 36.2 Å². The van der Waals surface area contributed by atoms with Crippen LogP contribution in [0.25, 0.3) is 0 Å². The van der Waals surface area contributed by atoms with E-state index in [4.69, 9.17) is 0 Å². The highest BCUT2D eigenvalue weighted by molar-refractivity contribution is 5.85. The number of halogens is 1. The average molecular weight is 312 g/mol. The van der Waals surface area contributed by atoms with Gasteiger partial charge in [-0.1, -0.05) is 26.0 Å². The summed E-state index contributed by atoms with van der Waals surface area (Å²) in [5, 5.41) is 3.38. The highest BCUT2D eigenvalue weighted by Gasteiger charge is 2.20. The Bertz CT molecular complexity index is 447. The predicted molar refractivity (Wildman–Crippen MR) is 91.6 cm³/mol. The maximum atomic E-state index is 12.5. The zero-order chi connectivity index (χ0) is 14.4. The summed E-state index contributed by atoms with van der Waals surface area (Å²) in [7, 11) is 0. The minimum atomic E-state index is 0. The first-order valence-electron chi connectivity index (χ1n) is 7.61. The molecule has 1 aromatic carbocycles. The van der Waals surface area contributed by atoms with Gasteiger partial charge in [0.05, 0.1) is 17.9 Å². The molecular formula is C16H26ClN3O. The highest BCUT2D eigenvalue weighted by Crippen LogP contribution is 2.28. The molecule has 4 nitrogen and oxygen atoms in total. The Hall–Kier alpha value is -1.42. The molecule has 0 saturated carbocycles. The first-order chi connectivity index (χ1) is 9.76. The molecule has 2 rings (SSSR count). The van der Waals surface area contributed by atoms with Crippen LogP contribution in [0.5, 0.6) is 0 Å². The zero-order valence-electron chi connectivity index (χ0n) is 13.0. The van der Waals surface area contributed by atoms with Gasteiger partial charge in [0.1, 0.15) is 0 Å². The van der Waals surface area contributed by atoms with E-state index in [9.17, 15) is 4.79 Å². The van der Waals surface area contributed by atoms with Gasteiger partial charge in [0.15, 0.2) is 0 Å². The number of fused-ring (bicyclic) bond motifs is 1. The molecule has 0 spiro atoms. The van der Waals surface area contributed by atoms with Crippen LogP contribution in [0.4, 0.5) is 11.4 Å². The normalized spacial score (nSPS) is 13.0. The van der Waals surface area contributed by atoms with Gasteiger partial charge in [-0.25, -0.2) is 0 Å². The lowest BCUT2D eigenvalue weighted by Gasteiger charge is -2.33. The maximum absolute atomic E-state index is 12.5. The number of amides is 1. The van der Waals surface area contributed by atoms with E-state index in [0.29, 0.717) is 6.54 Å². The molecule has 0 saturated heterocycles. The number of carbonyl (C=O) groups excluding carboxylic acids is 1. The Balaban J connectivity index is 0.00000220. The predicted octanol–water partition coefficient (Wildman–Crippen LogP) is 2.99. The van der Waals surface area contributed by atoms with E-state index < -0.39 is 0 Å². The summed E-state index contributed by atoms with van der Waals surface area (Å²) < 4.78 is 0. The average Bonchev–Trinajstić information content (AvgIpc) is 2.47. The second-order valence-corrected chi connectivity index (χ2v) is 5.25. The summed E-state index contributed by atoms with van der Waals surface area (Å²) in [6.07, 6.45) is 2.04. The summed E-state index contributed by atoms with van der Waals surface area (Å²) in [4.78, 5) is 16.6. The first kappa shape index (κ1) is 17.6. The third-order valence-electron chi connectivity index (χ3n) is 3.61. The van der Waals surface area contributed by atoms with E-state index in [0.717, 1.165) is 50.4 Å². The molecule has 1 N–H and O–H groups in total. The standard InChI is InChI=1S/C16H25N3O.ClH/c1-3-10-18(11-4-2)16(20)13-19-12-9-17-14-7-5-6-8-15(14)19;/h5-8,17H,3-4,9-13H2,1-2H3;1H. The summed E-state index contributed by atoms with van der Waals surface area (Å²) in [5.41, 5.74) is 2.27. The molecule has 118 valence electrons. The van der Waals surface area contributed by atoms with Crippen LogP contribution in [0.3, 0.4) is 0 Å². The molecule has 1 aliphatic heterocycles. The third kappa shape index (κ3) is 4.53. The van der Waals surface area contributed by atoms with Gasteiger partial charge >= 0.3 is 0 Å². The quantitative estimate of drug-likeness (QED) is 0.877. The SMILES string of the molecule is CCCN(CCC)C(=O)CN1CCNc2ccccc21.Cl. The second kappa shape index (κ2) is 8.78. The lowest BCUT2D eigenvalue weighted by Crippen LogP contribution is -2.44. The molecule has 0 fully saturated rings. The number of nitrogens with one attached hydrogen (secondary N) is 1. The molecule has 0 atom stereocenters. The Morgan fingerprint density at radius 1 is 1.24 bits per heavy atom. The lowest BCUT2D eigenvalue weighted by atomic mass is 10.2. The van der Waals surface area contributed by atoms with E-state index >= 15 is 0 Å². The number of hydrogen-bond acceptors (Lipinski definition) is 3. The molecule has 1 aromatic rings. The van der Waals surface area contributed by atoms with Crippen molar-refractivity contribution in [1.82, 2.24) is 4.90 Å². The largest absolute Gasteiger partial charge is 0.382 e. The van der Waals surface area contributed by atoms with Crippen molar-refractivity contribution in [2.24, 2.45) is 0 Å². The van der Waals surface area contributed by atoms with Crippen LogP contribution in [0.2, 0.25) is 0 Å². The number of rotatable bonds is 6. The van der Waals surface area contributed by atoms with Crippen molar-refractivity contribution in [3.63, 3.8) is 0 Å². The molecule has 5 heteroatoms. The summed E-state index contributed by atoms with van der Waals surface area (Å²) in [5.74, 6) is 0.241. The second-order valence-electron chi connectivity index (χ2n) is 5.25. The molecule has 0 aromatic heterocycles. The van der Waals surface area contributed by atoms with Crippen LogP contribution in [0.1, 0.15) is 26.7 Å². The minimum Gasteiger partial charge on any atom is -0.382 e. The maximum Gasteiger partial charge on any atom is 0.242 e. The summed E-state index contributed by atoms with van der Waals surface area (Å²) in [6.45, 7) is 8.23. The molecule has 1 aliphatic rings. The Morgan fingerprint density at radius 3 is 2.57 bits per heavy atom. The topological polar surface area (TPSA) is 35.6 Å². The highest BCUT2D eigenvalue weighted by atomic mass is 35.5. The zero-order valence-corrected chi connectivity index (χ0v) is 13.8. The van der Waals surface area contributed by atoms with Crippen molar-refractivity contribution >= 4 is 29.7 Å². The summed E-state index contributed by atoms with van der Waals surface area (Å²) in [6, 6.07) is 8.21. The van der Waals surface area contributed by atoms with Gasteiger partial charge in [-0.2, -0.15) is 0 Å². The fraction of sp³-hybridized carbons (Fsp3) is 0.562. The van der Waals surface area contributed by atoms with Crippen LogP contribution in [-0.2, 0) is 4.79 Å². The lowest BCUT2D eigenvalue weighted by molar-refractivity contribution is -0.129. The number of carbonyl (C=O) groups is 1. The fourth-order valence-electron chi connectivity index (χ4n) is 2.67. The summed E-state index contributed by atoms with van der Waals surface area (Å²) >= 11 is 0. The number of para-hydroxylation sites is 2. The van der Waals surface area contributed by atoms with Crippen LogP contribution in [0, 0.1) is 0 Å². The molecule has 21 heavy (non-hydrogen) atoms. The van der Waals surface area contributed by atoms with E-state index in [1.165, 1.54) is 0 Å². The Kier molecular flexibility index (Phi) is 7.37. The van der Waals surface area contributed by atoms with Crippen LogP contribution in [0.15, 0.2) is 24.3 Å². The molecule has 1 heterocycles. The molecule has 0 unspecified atom stereocenters. The van der Waals surface area contributed by atoms with Crippen molar-refractivity contribution in [2.75, 3.05) is 42.9 Å². The monoisotopic (exact) mass is 311 g/mol.